The maximum atomic E-state index is 9.12. The zero-order chi connectivity index (χ0) is 6.20. The van der Waals surface area contributed by atoms with Gasteiger partial charge < -0.3 is 16.6 Å². The van der Waals surface area contributed by atoms with Gasteiger partial charge in [0, 0.05) is 6.04 Å². The third-order valence-electron chi connectivity index (χ3n) is 1.73. The van der Waals surface area contributed by atoms with Crippen LogP contribution in [0.1, 0.15) is 19.3 Å². The first-order chi connectivity index (χ1) is 3.63. The van der Waals surface area contributed by atoms with Crippen LogP contribution < -0.4 is 11.5 Å². The first-order valence-corrected chi connectivity index (χ1v) is 2.90. The van der Waals surface area contributed by atoms with Crippen molar-refractivity contribution in [3.8, 4) is 0 Å². The van der Waals surface area contributed by atoms with Gasteiger partial charge in [-0.3, -0.25) is 0 Å². The summed E-state index contributed by atoms with van der Waals surface area (Å²) < 4.78 is 0. The second kappa shape index (κ2) is 1.69. The molecule has 1 aliphatic carbocycles. The quantitative estimate of drug-likeness (QED) is 0.361. The number of hydrogen-bond donors (Lipinski definition) is 3. The lowest BCUT2D eigenvalue weighted by atomic mass is 10.1. The highest BCUT2D eigenvalue weighted by molar-refractivity contribution is 4.89. The van der Waals surface area contributed by atoms with Crippen LogP contribution in [0, 0.1) is 0 Å². The molecule has 1 saturated carbocycles. The van der Waals surface area contributed by atoms with E-state index in [1.54, 1.807) is 0 Å². The topological polar surface area (TPSA) is 72.3 Å². The fraction of sp³-hybridized carbons (Fsp3) is 1.00. The van der Waals surface area contributed by atoms with Gasteiger partial charge in [-0.1, -0.05) is 0 Å². The summed E-state index contributed by atoms with van der Waals surface area (Å²) in [7, 11) is 0. The van der Waals surface area contributed by atoms with Gasteiger partial charge in [0.05, 0.1) is 0 Å². The second-order valence-corrected chi connectivity index (χ2v) is 2.49. The van der Waals surface area contributed by atoms with Crippen molar-refractivity contribution in [2.24, 2.45) is 11.5 Å². The molecule has 0 bridgehead atoms. The normalized spacial score (nSPS) is 47.6. The average Bonchev–Trinajstić information content (AvgIpc) is 1.86. The van der Waals surface area contributed by atoms with Crippen molar-refractivity contribution in [2.45, 2.75) is 31.0 Å². The highest BCUT2D eigenvalue weighted by Crippen LogP contribution is 2.22. The Morgan fingerprint density at radius 1 is 1.62 bits per heavy atom. The molecule has 3 heteroatoms. The van der Waals surface area contributed by atoms with Gasteiger partial charge in [-0.25, -0.2) is 0 Å². The summed E-state index contributed by atoms with van der Waals surface area (Å²) in [5, 5.41) is 9.12. The van der Waals surface area contributed by atoms with Crippen LogP contribution in [0.3, 0.4) is 0 Å². The van der Waals surface area contributed by atoms with Gasteiger partial charge in [-0.15, -0.1) is 0 Å². The van der Waals surface area contributed by atoms with Gasteiger partial charge in [0.2, 0.25) is 0 Å². The number of rotatable bonds is 0. The van der Waals surface area contributed by atoms with Crippen molar-refractivity contribution in [2.75, 3.05) is 0 Å². The summed E-state index contributed by atoms with van der Waals surface area (Å²) >= 11 is 0. The van der Waals surface area contributed by atoms with Crippen LogP contribution in [-0.4, -0.2) is 16.9 Å². The van der Waals surface area contributed by atoms with E-state index in [1.165, 1.54) is 0 Å². The molecule has 0 unspecified atom stereocenters. The van der Waals surface area contributed by atoms with Crippen molar-refractivity contribution in [3.05, 3.63) is 0 Å². The molecule has 2 atom stereocenters. The Bertz CT molecular complexity index is 92.4. The average molecular weight is 116 g/mol. The fourth-order valence-electron chi connectivity index (χ4n) is 1.04. The Hall–Kier alpha value is -0.120. The zero-order valence-electron chi connectivity index (χ0n) is 4.80. The minimum Gasteiger partial charge on any atom is -0.374 e. The zero-order valence-corrected chi connectivity index (χ0v) is 4.80. The lowest BCUT2D eigenvalue weighted by molar-refractivity contribution is 0.0389. The van der Waals surface area contributed by atoms with Gasteiger partial charge in [0.15, 0.2) is 0 Å². The smallest absolute Gasteiger partial charge is 0.128 e. The molecular formula is C5H12N2O. The number of nitrogens with two attached hydrogens (primary N) is 2. The molecule has 0 radical (unpaired) electrons. The maximum Gasteiger partial charge on any atom is 0.128 e. The summed E-state index contributed by atoms with van der Waals surface area (Å²) in [4.78, 5) is 0. The summed E-state index contributed by atoms with van der Waals surface area (Å²) in [5.74, 6) is 0. The maximum absolute atomic E-state index is 9.12. The molecule has 0 spiro atoms. The Kier molecular flexibility index (Phi) is 1.27. The first kappa shape index (κ1) is 6.01. The van der Waals surface area contributed by atoms with Crippen molar-refractivity contribution >= 4 is 0 Å². The number of hydrogen-bond acceptors (Lipinski definition) is 3. The van der Waals surface area contributed by atoms with Crippen LogP contribution in [-0.2, 0) is 0 Å². The van der Waals surface area contributed by atoms with Crippen LogP contribution in [0.25, 0.3) is 0 Å². The monoisotopic (exact) mass is 116 g/mol. The van der Waals surface area contributed by atoms with E-state index in [9.17, 15) is 0 Å². The molecule has 0 saturated heterocycles. The van der Waals surface area contributed by atoms with Crippen molar-refractivity contribution in [3.63, 3.8) is 0 Å². The molecule has 3 nitrogen and oxygen atoms in total. The van der Waals surface area contributed by atoms with Crippen LogP contribution >= 0.6 is 0 Å². The van der Waals surface area contributed by atoms with E-state index in [0.717, 1.165) is 12.8 Å². The SMILES string of the molecule is N[C@H]1CCC[C@@]1(N)O. The molecule has 0 aromatic rings. The molecular weight excluding hydrogens is 104 g/mol. The predicted octanol–water partition coefficient (Wildman–Crippen LogP) is -0.855. The molecule has 0 aromatic heterocycles. The van der Waals surface area contributed by atoms with Crippen LogP contribution in [0.2, 0.25) is 0 Å². The molecule has 0 heterocycles. The van der Waals surface area contributed by atoms with Crippen molar-refractivity contribution in [1.29, 1.82) is 0 Å². The van der Waals surface area contributed by atoms with Gasteiger partial charge in [0.25, 0.3) is 0 Å². The van der Waals surface area contributed by atoms with Gasteiger partial charge >= 0.3 is 0 Å². The fourth-order valence-corrected chi connectivity index (χ4v) is 1.04. The van der Waals surface area contributed by atoms with E-state index in [4.69, 9.17) is 16.6 Å². The van der Waals surface area contributed by atoms with Gasteiger partial charge in [-0.05, 0) is 19.3 Å². The van der Waals surface area contributed by atoms with Crippen molar-refractivity contribution in [1.82, 2.24) is 0 Å². The summed E-state index contributed by atoms with van der Waals surface area (Å²) in [6.45, 7) is 0. The van der Waals surface area contributed by atoms with E-state index < -0.39 is 5.72 Å². The molecule has 5 N–H and O–H groups in total. The molecule has 48 valence electrons. The molecule has 8 heavy (non-hydrogen) atoms. The van der Waals surface area contributed by atoms with E-state index in [-0.39, 0.29) is 6.04 Å². The largest absolute Gasteiger partial charge is 0.374 e. The van der Waals surface area contributed by atoms with E-state index in [0.29, 0.717) is 6.42 Å². The van der Waals surface area contributed by atoms with Crippen LogP contribution in [0.5, 0.6) is 0 Å². The van der Waals surface area contributed by atoms with Crippen LogP contribution in [0.4, 0.5) is 0 Å². The lowest BCUT2D eigenvalue weighted by Gasteiger charge is -2.20. The Labute approximate surface area is 48.7 Å². The summed E-state index contributed by atoms with van der Waals surface area (Å²) in [6, 6.07) is -0.206. The molecule has 1 aliphatic rings. The second-order valence-electron chi connectivity index (χ2n) is 2.49. The Morgan fingerprint density at radius 2 is 2.25 bits per heavy atom. The molecule has 1 rings (SSSR count). The third kappa shape index (κ3) is 0.844. The predicted molar refractivity (Wildman–Crippen MR) is 31.0 cm³/mol. The van der Waals surface area contributed by atoms with Gasteiger partial charge in [-0.2, -0.15) is 0 Å². The lowest BCUT2D eigenvalue weighted by Crippen LogP contribution is -2.51. The van der Waals surface area contributed by atoms with Crippen molar-refractivity contribution < 1.29 is 5.11 Å². The Balaban J connectivity index is 2.54. The highest BCUT2D eigenvalue weighted by Gasteiger charge is 2.34. The number of aliphatic hydroxyl groups is 1. The van der Waals surface area contributed by atoms with Crippen LogP contribution in [0.15, 0.2) is 0 Å². The summed E-state index contributed by atoms with van der Waals surface area (Å²) in [5.41, 5.74) is 9.72. The highest BCUT2D eigenvalue weighted by atomic mass is 16.3. The molecule has 1 fully saturated rings. The molecule has 0 aliphatic heterocycles. The van der Waals surface area contributed by atoms with Gasteiger partial charge in [0.1, 0.15) is 5.72 Å². The molecule has 0 aromatic carbocycles. The minimum absolute atomic E-state index is 0.206. The minimum atomic E-state index is -1.07. The first-order valence-electron chi connectivity index (χ1n) is 2.90. The van der Waals surface area contributed by atoms with E-state index in [2.05, 4.69) is 0 Å². The summed E-state index contributed by atoms with van der Waals surface area (Å²) in [6.07, 6.45) is 2.45. The van der Waals surface area contributed by atoms with E-state index >= 15 is 0 Å². The molecule has 0 amide bonds. The third-order valence-corrected chi connectivity index (χ3v) is 1.73. The Morgan fingerprint density at radius 3 is 2.38 bits per heavy atom. The standard InChI is InChI=1S/C5H12N2O/c6-4-2-1-3-5(4,7)8/h4,8H,1-3,6-7H2/t4-,5+/m0/s1. The van der Waals surface area contributed by atoms with E-state index in [1.807, 2.05) is 0 Å².